The summed E-state index contributed by atoms with van der Waals surface area (Å²) in [4.78, 5) is 14.1. The highest BCUT2D eigenvalue weighted by Crippen LogP contribution is 2.27. The Bertz CT molecular complexity index is 245. The monoisotopic (exact) mass is 212 g/mol. The molecule has 1 saturated heterocycles. The minimum atomic E-state index is 0.167. The summed E-state index contributed by atoms with van der Waals surface area (Å²) < 4.78 is 5.33. The summed E-state index contributed by atoms with van der Waals surface area (Å²) in [6, 6.07) is 0.457. The first-order valence-electron chi connectivity index (χ1n) is 5.82. The lowest BCUT2D eigenvalue weighted by atomic mass is 10.0. The van der Waals surface area contributed by atoms with Gasteiger partial charge in [0.15, 0.2) is 0 Å². The molecule has 86 valence electrons. The molecule has 0 bridgehead atoms. The zero-order chi connectivity index (χ0) is 10.8. The first-order valence-corrected chi connectivity index (χ1v) is 5.82. The number of ether oxygens (including phenoxy) is 1. The van der Waals surface area contributed by atoms with Gasteiger partial charge in [-0.2, -0.15) is 0 Å². The molecule has 0 aromatic rings. The molecule has 2 rings (SSSR count). The second kappa shape index (κ2) is 4.49. The largest absolute Gasteiger partial charge is 0.377 e. The maximum atomic E-state index is 12.2. The van der Waals surface area contributed by atoms with Crippen molar-refractivity contribution in [2.45, 2.75) is 38.3 Å². The number of carbonyl (C=O) groups is 1. The van der Waals surface area contributed by atoms with E-state index < -0.39 is 0 Å². The lowest BCUT2D eigenvalue weighted by molar-refractivity contribution is -0.143. The third-order valence-electron chi connectivity index (χ3n) is 3.47. The molecular weight excluding hydrogens is 192 g/mol. The third-order valence-corrected chi connectivity index (χ3v) is 3.47. The molecule has 1 aliphatic carbocycles. The molecule has 4 nitrogen and oxygen atoms in total. The standard InChI is InChI=1S/C11H20N2O2/c1-8-7-15-5-4-13(8)11(14)9-2-3-10(12)6-9/h8-10H,2-7,12H2,1H3. The second-order valence-electron chi connectivity index (χ2n) is 4.73. The fraction of sp³-hybridized carbons (Fsp3) is 0.909. The van der Waals surface area contributed by atoms with Crippen LogP contribution in [0.4, 0.5) is 0 Å². The Balaban J connectivity index is 1.94. The average Bonchev–Trinajstić information content (AvgIpc) is 2.65. The Kier molecular flexibility index (Phi) is 3.26. The molecule has 0 aromatic heterocycles. The normalized spacial score (nSPS) is 36.9. The van der Waals surface area contributed by atoms with Crippen molar-refractivity contribution in [3.05, 3.63) is 0 Å². The smallest absolute Gasteiger partial charge is 0.226 e. The van der Waals surface area contributed by atoms with Crippen molar-refractivity contribution in [2.75, 3.05) is 19.8 Å². The van der Waals surface area contributed by atoms with Gasteiger partial charge in [0.2, 0.25) is 5.91 Å². The van der Waals surface area contributed by atoms with Crippen LogP contribution in [-0.4, -0.2) is 42.6 Å². The Morgan fingerprint density at radius 2 is 2.27 bits per heavy atom. The number of rotatable bonds is 1. The molecular formula is C11H20N2O2. The first-order chi connectivity index (χ1) is 7.18. The van der Waals surface area contributed by atoms with Crippen molar-refractivity contribution in [2.24, 2.45) is 11.7 Å². The van der Waals surface area contributed by atoms with Crippen molar-refractivity contribution in [3.63, 3.8) is 0 Å². The van der Waals surface area contributed by atoms with E-state index in [1.54, 1.807) is 0 Å². The summed E-state index contributed by atoms with van der Waals surface area (Å²) in [6.45, 7) is 4.14. The molecule has 0 spiro atoms. The van der Waals surface area contributed by atoms with E-state index >= 15 is 0 Å². The van der Waals surface area contributed by atoms with Gasteiger partial charge in [0.05, 0.1) is 19.3 Å². The summed E-state index contributed by atoms with van der Waals surface area (Å²) in [6.07, 6.45) is 2.82. The first kappa shape index (κ1) is 10.9. The summed E-state index contributed by atoms with van der Waals surface area (Å²) in [5, 5.41) is 0. The SMILES string of the molecule is CC1COCCN1C(=O)C1CCC(N)C1. The Labute approximate surface area is 90.8 Å². The van der Waals surface area contributed by atoms with E-state index in [0.29, 0.717) is 19.1 Å². The van der Waals surface area contributed by atoms with Gasteiger partial charge in [-0.25, -0.2) is 0 Å². The molecule has 3 unspecified atom stereocenters. The van der Waals surface area contributed by atoms with Crippen LogP contribution in [0, 0.1) is 5.92 Å². The fourth-order valence-electron chi connectivity index (χ4n) is 2.53. The predicted molar refractivity (Wildman–Crippen MR) is 57.3 cm³/mol. The fourth-order valence-corrected chi connectivity index (χ4v) is 2.53. The molecule has 4 heteroatoms. The number of nitrogens with two attached hydrogens (primary N) is 1. The number of nitrogens with zero attached hydrogens (tertiary/aromatic N) is 1. The minimum absolute atomic E-state index is 0.167. The van der Waals surface area contributed by atoms with Gasteiger partial charge < -0.3 is 15.4 Å². The van der Waals surface area contributed by atoms with Crippen molar-refractivity contribution in [3.8, 4) is 0 Å². The highest BCUT2D eigenvalue weighted by molar-refractivity contribution is 5.79. The molecule has 2 aliphatic rings. The molecule has 1 saturated carbocycles. The van der Waals surface area contributed by atoms with Crippen molar-refractivity contribution in [1.29, 1.82) is 0 Å². The van der Waals surface area contributed by atoms with Crippen molar-refractivity contribution >= 4 is 5.91 Å². The third kappa shape index (κ3) is 2.32. The molecule has 0 radical (unpaired) electrons. The molecule has 2 fully saturated rings. The van der Waals surface area contributed by atoms with E-state index in [9.17, 15) is 4.79 Å². The minimum Gasteiger partial charge on any atom is -0.377 e. The Morgan fingerprint density at radius 3 is 2.87 bits per heavy atom. The molecule has 15 heavy (non-hydrogen) atoms. The van der Waals surface area contributed by atoms with Crippen LogP contribution in [0.5, 0.6) is 0 Å². The van der Waals surface area contributed by atoms with Crippen LogP contribution in [0.2, 0.25) is 0 Å². The zero-order valence-electron chi connectivity index (χ0n) is 9.32. The molecule has 2 N–H and O–H groups in total. The summed E-state index contributed by atoms with van der Waals surface area (Å²) in [5.74, 6) is 0.458. The zero-order valence-corrected chi connectivity index (χ0v) is 9.32. The quantitative estimate of drug-likeness (QED) is 0.683. The predicted octanol–water partition coefficient (Wildman–Crippen LogP) is 0.361. The molecule has 0 aromatic carbocycles. The van der Waals surface area contributed by atoms with Crippen LogP contribution in [-0.2, 0) is 9.53 Å². The highest BCUT2D eigenvalue weighted by Gasteiger charge is 2.33. The lowest BCUT2D eigenvalue weighted by Gasteiger charge is -2.35. The number of morpholine rings is 1. The van der Waals surface area contributed by atoms with Gasteiger partial charge in [-0.3, -0.25) is 4.79 Å². The van der Waals surface area contributed by atoms with E-state index in [0.717, 1.165) is 25.8 Å². The topological polar surface area (TPSA) is 55.6 Å². The molecule has 1 amide bonds. The average molecular weight is 212 g/mol. The van der Waals surface area contributed by atoms with E-state index in [1.807, 2.05) is 11.8 Å². The number of carbonyl (C=O) groups excluding carboxylic acids is 1. The van der Waals surface area contributed by atoms with Gasteiger partial charge >= 0.3 is 0 Å². The van der Waals surface area contributed by atoms with Crippen LogP contribution in [0.15, 0.2) is 0 Å². The van der Waals surface area contributed by atoms with E-state index in [2.05, 4.69) is 0 Å². The number of hydrogen-bond acceptors (Lipinski definition) is 3. The van der Waals surface area contributed by atoms with Gasteiger partial charge in [-0.1, -0.05) is 0 Å². The van der Waals surface area contributed by atoms with Crippen LogP contribution in [0.1, 0.15) is 26.2 Å². The molecule has 1 aliphatic heterocycles. The van der Waals surface area contributed by atoms with Crippen LogP contribution in [0.25, 0.3) is 0 Å². The lowest BCUT2D eigenvalue weighted by Crippen LogP contribution is -2.49. The van der Waals surface area contributed by atoms with Crippen LogP contribution >= 0.6 is 0 Å². The van der Waals surface area contributed by atoms with Gasteiger partial charge in [0, 0.05) is 18.5 Å². The summed E-state index contributed by atoms with van der Waals surface area (Å²) in [5.41, 5.74) is 5.83. The van der Waals surface area contributed by atoms with Crippen LogP contribution in [0.3, 0.4) is 0 Å². The summed E-state index contributed by atoms with van der Waals surface area (Å²) >= 11 is 0. The number of hydrogen-bond donors (Lipinski definition) is 1. The highest BCUT2D eigenvalue weighted by atomic mass is 16.5. The molecule has 1 heterocycles. The van der Waals surface area contributed by atoms with E-state index in [1.165, 1.54) is 0 Å². The van der Waals surface area contributed by atoms with E-state index in [-0.39, 0.29) is 18.0 Å². The van der Waals surface area contributed by atoms with Crippen molar-refractivity contribution < 1.29 is 9.53 Å². The molecule has 3 atom stereocenters. The van der Waals surface area contributed by atoms with Gasteiger partial charge in [-0.15, -0.1) is 0 Å². The summed E-state index contributed by atoms with van der Waals surface area (Å²) in [7, 11) is 0. The van der Waals surface area contributed by atoms with Gasteiger partial charge in [0.25, 0.3) is 0 Å². The maximum absolute atomic E-state index is 12.2. The maximum Gasteiger partial charge on any atom is 0.226 e. The second-order valence-corrected chi connectivity index (χ2v) is 4.73. The Morgan fingerprint density at radius 1 is 1.47 bits per heavy atom. The van der Waals surface area contributed by atoms with Crippen molar-refractivity contribution in [1.82, 2.24) is 4.90 Å². The van der Waals surface area contributed by atoms with Gasteiger partial charge in [-0.05, 0) is 26.2 Å². The Hall–Kier alpha value is -0.610. The number of amides is 1. The van der Waals surface area contributed by atoms with Crippen LogP contribution < -0.4 is 5.73 Å². The van der Waals surface area contributed by atoms with Gasteiger partial charge in [0.1, 0.15) is 0 Å². The van der Waals surface area contributed by atoms with E-state index in [4.69, 9.17) is 10.5 Å².